The van der Waals surface area contributed by atoms with Crippen LogP contribution < -0.4 is 0 Å². The third-order valence-electron chi connectivity index (χ3n) is 10.1. The molecule has 0 bridgehead atoms. The molecular formula is C35H32O8. The van der Waals surface area contributed by atoms with E-state index in [9.17, 15) is 39.9 Å². The Kier molecular flexibility index (Phi) is 6.14. The first-order valence-corrected chi connectivity index (χ1v) is 14.1. The molecule has 1 fully saturated rings. The van der Waals surface area contributed by atoms with E-state index < -0.39 is 74.9 Å². The van der Waals surface area contributed by atoms with Crippen molar-refractivity contribution in [3.05, 3.63) is 94.8 Å². The maximum Gasteiger partial charge on any atom is 0.203 e. The Bertz CT molecular complexity index is 1800. The highest BCUT2D eigenvalue weighted by molar-refractivity contribution is 6.24. The number of aliphatic hydroxyl groups is 4. The van der Waals surface area contributed by atoms with Gasteiger partial charge in [-0.25, -0.2) is 0 Å². The van der Waals surface area contributed by atoms with Crippen molar-refractivity contribution in [2.45, 2.75) is 51.7 Å². The summed E-state index contributed by atoms with van der Waals surface area (Å²) in [6, 6.07) is 20.1. The molecule has 43 heavy (non-hydrogen) atoms. The summed E-state index contributed by atoms with van der Waals surface area (Å²) in [5.74, 6) is -5.64. The van der Waals surface area contributed by atoms with E-state index in [0.717, 1.165) is 12.5 Å². The Hall–Kier alpha value is -4.53. The van der Waals surface area contributed by atoms with Gasteiger partial charge in [0.05, 0.1) is 17.2 Å². The molecule has 5 N–H and O–H groups in total. The van der Waals surface area contributed by atoms with Gasteiger partial charge in [-0.3, -0.25) is 14.4 Å². The number of phenols is 1. The minimum Gasteiger partial charge on any atom is -0.508 e. The van der Waals surface area contributed by atoms with Crippen molar-refractivity contribution >= 4 is 23.1 Å². The predicted octanol–water partition coefficient (Wildman–Crippen LogP) is 5.17. The Balaban J connectivity index is 1.74. The van der Waals surface area contributed by atoms with Gasteiger partial charge in [0.15, 0.2) is 17.2 Å². The molecular weight excluding hydrogens is 548 g/mol. The number of aromatic hydroxyl groups is 1. The highest BCUT2D eigenvalue weighted by Crippen LogP contribution is 2.67. The third-order valence-corrected chi connectivity index (χ3v) is 10.1. The van der Waals surface area contributed by atoms with E-state index in [0.29, 0.717) is 22.3 Å². The van der Waals surface area contributed by atoms with E-state index in [4.69, 9.17) is 0 Å². The summed E-state index contributed by atoms with van der Waals surface area (Å²) >= 11 is 0. The van der Waals surface area contributed by atoms with Crippen molar-refractivity contribution in [1.29, 1.82) is 0 Å². The van der Waals surface area contributed by atoms with Crippen LogP contribution in [0.4, 0.5) is 0 Å². The van der Waals surface area contributed by atoms with E-state index in [1.165, 1.54) is 6.92 Å². The zero-order chi connectivity index (χ0) is 31.2. The number of rotatable bonds is 3. The number of hydrogen-bond acceptors (Lipinski definition) is 8. The Morgan fingerprint density at radius 3 is 1.95 bits per heavy atom. The maximum atomic E-state index is 14.5. The quantitative estimate of drug-likeness (QED) is 0.266. The second-order valence-electron chi connectivity index (χ2n) is 12.3. The molecule has 0 aliphatic heterocycles. The first-order valence-electron chi connectivity index (χ1n) is 14.1. The van der Waals surface area contributed by atoms with Crippen molar-refractivity contribution in [1.82, 2.24) is 0 Å². The van der Waals surface area contributed by atoms with Crippen LogP contribution in [0.15, 0.2) is 83.6 Å². The average molecular weight is 581 g/mol. The van der Waals surface area contributed by atoms with Crippen LogP contribution in [0, 0.1) is 10.8 Å². The average Bonchev–Trinajstić information content (AvgIpc) is 2.98. The highest BCUT2D eigenvalue weighted by atomic mass is 16.4. The molecule has 6 rings (SSSR count). The van der Waals surface area contributed by atoms with Crippen molar-refractivity contribution < 1.29 is 39.9 Å². The number of phenolic OH excluding ortho intramolecular Hbond substituents is 1. The summed E-state index contributed by atoms with van der Waals surface area (Å²) in [6.45, 7) is 5.69. The van der Waals surface area contributed by atoms with Gasteiger partial charge in [0.1, 0.15) is 22.8 Å². The van der Waals surface area contributed by atoms with E-state index >= 15 is 0 Å². The zero-order valence-electron chi connectivity index (χ0n) is 24.2. The molecule has 220 valence electrons. The second-order valence-corrected chi connectivity index (χ2v) is 12.3. The normalized spacial score (nSPS) is 30.1. The molecule has 3 aliphatic carbocycles. The van der Waals surface area contributed by atoms with Crippen LogP contribution >= 0.6 is 0 Å². The molecule has 3 aliphatic rings. The third kappa shape index (κ3) is 3.42. The largest absolute Gasteiger partial charge is 0.508 e. The Morgan fingerprint density at radius 1 is 0.884 bits per heavy atom. The number of carbonyl (C=O) groups is 3. The van der Waals surface area contributed by atoms with Gasteiger partial charge in [-0.2, -0.15) is 0 Å². The van der Waals surface area contributed by atoms with E-state index in [2.05, 4.69) is 0 Å². The monoisotopic (exact) mass is 580 g/mol. The molecule has 0 radical (unpaired) electrons. The van der Waals surface area contributed by atoms with Crippen molar-refractivity contribution in [2.24, 2.45) is 10.8 Å². The number of allylic oxidation sites excluding steroid dienone is 1. The van der Waals surface area contributed by atoms with Gasteiger partial charge in [0, 0.05) is 22.8 Å². The number of aliphatic hydroxyl groups excluding tert-OH is 3. The fraction of sp³-hybridized carbons (Fsp3) is 0.286. The van der Waals surface area contributed by atoms with Crippen LogP contribution in [0.1, 0.15) is 51.2 Å². The predicted molar refractivity (Wildman–Crippen MR) is 159 cm³/mol. The first-order chi connectivity index (χ1) is 20.2. The number of Topliss-reactive ketones (excluding diaryl/α,β-unsaturated/α-hetero) is 3. The SMILES string of the molecule is CC(=O)C1=C(O)[C@]2(O)C(=O)C3=C(O)c4c(O)c(-c5ccccc5)cc(-c5ccccc5)c4[C@@H](C)[C@]3(C)[C@@H](O)[C@]2(C)CC1=O. The number of fused-ring (bicyclic) bond motifs is 3. The number of ketones is 3. The van der Waals surface area contributed by atoms with Crippen molar-refractivity contribution in [3.63, 3.8) is 0 Å². The van der Waals surface area contributed by atoms with Gasteiger partial charge in [-0.15, -0.1) is 0 Å². The molecule has 0 aromatic heterocycles. The van der Waals surface area contributed by atoms with Gasteiger partial charge in [-0.05, 0) is 41.2 Å². The van der Waals surface area contributed by atoms with Gasteiger partial charge in [0.25, 0.3) is 0 Å². The topological polar surface area (TPSA) is 152 Å². The van der Waals surface area contributed by atoms with Crippen molar-refractivity contribution in [2.75, 3.05) is 0 Å². The standard InChI is InChI=1S/C35H32O8/c1-17-24-21(19-11-7-5-8-12-19)15-22(20-13-9-6-10-14-20)28(38)26(24)29(39)27-31(41)35(43)30(40)25(18(2)36)23(37)16-33(35,3)32(42)34(17,27)4/h5-15,17,32,38-40,42-43H,16H2,1-4H3/t17-,32+,33+,34+,35+/m1/s1. The van der Waals surface area contributed by atoms with Gasteiger partial charge < -0.3 is 25.5 Å². The minimum atomic E-state index is -2.89. The molecule has 0 unspecified atom stereocenters. The molecule has 5 atom stereocenters. The van der Waals surface area contributed by atoms with Crippen LogP contribution in [0.25, 0.3) is 28.0 Å². The Morgan fingerprint density at radius 2 is 1.42 bits per heavy atom. The Labute approximate surface area is 248 Å². The smallest absolute Gasteiger partial charge is 0.203 e. The highest BCUT2D eigenvalue weighted by Gasteiger charge is 2.74. The van der Waals surface area contributed by atoms with Crippen LogP contribution in [-0.4, -0.2) is 54.6 Å². The summed E-state index contributed by atoms with van der Waals surface area (Å²) in [6.07, 6.45) is -2.26. The summed E-state index contributed by atoms with van der Waals surface area (Å²) in [4.78, 5) is 39.9. The number of carbonyl (C=O) groups excluding carboxylic acids is 3. The maximum absolute atomic E-state index is 14.5. The molecule has 0 saturated heterocycles. The lowest BCUT2D eigenvalue weighted by molar-refractivity contribution is -0.197. The molecule has 8 heteroatoms. The van der Waals surface area contributed by atoms with Gasteiger partial charge in [-0.1, -0.05) is 81.4 Å². The van der Waals surface area contributed by atoms with Gasteiger partial charge in [0.2, 0.25) is 5.78 Å². The van der Waals surface area contributed by atoms with Crippen molar-refractivity contribution in [3.8, 4) is 28.0 Å². The van der Waals surface area contributed by atoms with E-state index in [-0.39, 0.29) is 11.3 Å². The molecule has 3 aromatic rings. The summed E-state index contributed by atoms with van der Waals surface area (Å²) < 4.78 is 0. The van der Waals surface area contributed by atoms with Crippen LogP contribution in [0.3, 0.4) is 0 Å². The lowest BCUT2D eigenvalue weighted by Gasteiger charge is -2.61. The summed E-state index contributed by atoms with van der Waals surface area (Å²) in [5.41, 5.74) is -4.65. The molecule has 0 amide bonds. The molecule has 0 heterocycles. The van der Waals surface area contributed by atoms with Crippen LogP contribution in [-0.2, 0) is 14.4 Å². The minimum absolute atomic E-state index is 0.0323. The number of hydrogen-bond donors (Lipinski definition) is 5. The molecule has 1 saturated carbocycles. The second kappa shape index (κ2) is 9.23. The van der Waals surface area contributed by atoms with E-state index in [1.54, 1.807) is 38.1 Å². The lowest BCUT2D eigenvalue weighted by atomic mass is 9.43. The van der Waals surface area contributed by atoms with E-state index in [1.807, 2.05) is 42.5 Å². The summed E-state index contributed by atoms with van der Waals surface area (Å²) in [7, 11) is 0. The fourth-order valence-electron chi connectivity index (χ4n) is 7.69. The zero-order valence-corrected chi connectivity index (χ0v) is 24.2. The van der Waals surface area contributed by atoms with Crippen LogP contribution in [0.5, 0.6) is 5.75 Å². The molecule has 3 aromatic carbocycles. The van der Waals surface area contributed by atoms with Crippen LogP contribution in [0.2, 0.25) is 0 Å². The summed E-state index contributed by atoms with van der Waals surface area (Å²) in [5, 5.41) is 59.1. The lowest BCUT2D eigenvalue weighted by Crippen LogP contribution is -2.72. The fourth-order valence-corrected chi connectivity index (χ4v) is 7.69. The molecule has 8 nitrogen and oxygen atoms in total. The molecule has 0 spiro atoms. The number of benzene rings is 3. The van der Waals surface area contributed by atoms with Gasteiger partial charge >= 0.3 is 0 Å². The first kappa shape index (κ1) is 28.6.